The van der Waals surface area contributed by atoms with Gasteiger partial charge in [0.05, 0.1) is 0 Å². The number of aromatic amines is 1. The molecular formula is C22H19FN4O2. The van der Waals surface area contributed by atoms with Gasteiger partial charge >= 0.3 is 0 Å². The Morgan fingerprint density at radius 1 is 1.14 bits per heavy atom. The van der Waals surface area contributed by atoms with Crippen LogP contribution in [0.25, 0.3) is 0 Å². The van der Waals surface area contributed by atoms with Gasteiger partial charge in [-0.15, -0.1) is 0 Å². The third kappa shape index (κ3) is 4.40. The summed E-state index contributed by atoms with van der Waals surface area (Å²) in [5, 5.41) is 12.2. The Morgan fingerprint density at radius 3 is 2.79 bits per heavy atom. The molecule has 1 aliphatic rings. The number of aryl methyl sites for hydroxylation is 1. The molecule has 0 saturated heterocycles. The fourth-order valence-electron chi connectivity index (χ4n) is 3.22. The van der Waals surface area contributed by atoms with Crippen molar-refractivity contribution in [1.29, 1.82) is 0 Å². The smallest absolute Gasteiger partial charge is 0.275 e. The highest BCUT2D eigenvalue weighted by Crippen LogP contribution is 2.24. The van der Waals surface area contributed by atoms with Crippen molar-refractivity contribution >= 4 is 17.5 Å². The van der Waals surface area contributed by atoms with E-state index in [-0.39, 0.29) is 11.6 Å². The maximum Gasteiger partial charge on any atom is 0.275 e. The first kappa shape index (κ1) is 18.6. The van der Waals surface area contributed by atoms with Crippen LogP contribution in [-0.4, -0.2) is 22.0 Å². The van der Waals surface area contributed by atoms with Crippen LogP contribution in [0.3, 0.4) is 0 Å². The second kappa shape index (κ2) is 8.10. The van der Waals surface area contributed by atoms with Crippen LogP contribution in [0.1, 0.15) is 33.7 Å². The first-order chi connectivity index (χ1) is 14.1. The highest BCUT2D eigenvalue weighted by molar-refractivity contribution is 6.05. The Labute approximate surface area is 166 Å². The molecule has 0 aliphatic carbocycles. The van der Waals surface area contributed by atoms with Crippen LogP contribution in [0.2, 0.25) is 0 Å². The Hall–Kier alpha value is -3.74. The minimum absolute atomic E-state index is 0.243. The van der Waals surface area contributed by atoms with Crippen molar-refractivity contribution < 1.29 is 14.0 Å². The number of anilines is 1. The number of hydrogen-bond acceptors (Lipinski definition) is 3. The number of hydrogen-bond donors (Lipinski definition) is 3. The van der Waals surface area contributed by atoms with Gasteiger partial charge < -0.3 is 10.6 Å². The maximum atomic E-state index is 13.4. The second-order valence-corrected chi connectivity index (χ2v) is 6.84. The molecule has 2 amide bonds. The van der Waals surface area contributed by atoms with Crippen LogP contribution in [0, 0.1) is 5.82 Å². The molecule has 0 saturated carbocycles. The standard InChI is InChI=1S/C22H19FN4O2/c23-17-9-8-15-6-7-16(21(28)25-19(15)11-17)13-24-22(29)20-12-18(26-27-20)10-14-4-2-1-3-5-14/h1-5,8-9,11-13H,6-7,10H2,(H,24,29)(H,25,28)(H,26,27)/b16-13-. The summed E-state index contributed by atoms with van der Waals surface area (Å²) in [5.74, 6) is -1.18. The van der Waals surface area contributed by atoms with E-state index in [1.807, 2.05) is 30.3 Å². The van der Waals surface area contributed by atoms with Gasteiger partial charge in [-0.2, -0.15) is 5.10 Å². The summed E-state index contributed by atoms with van der Waals surface area (Å²) in [6.07, 6.45) is 3.04. The van der Waals surface area contributed by atoms with Crippen LogP contribution < -0.4 is 10.6 Å². The number of aromatic nitrogens is 2. The van der Waals surface area contributed by atoms with Crippen molar-refractivity contribution in [2.45, 2.75) is 19.3 Å². The number of amides is 2. The molecule has 0 spiro atoms. The quantitative estimate of drug-likeness (QED) is 0.597. The van der Waals surface area contributed by atoms with Gasteiger partial charge in [0.25, 0.3) is 11.8 Å². The van der Waals surface area contributed by atoms with Crippen molar-refractivity contribution in [3.8, 4) is 0 Å². The summed E-state index contributed by atoms with van der Waals surface area (Å²) in [5.41, 5.74) is 3.90. The third-order valence-electron chi connectivity index (χ3n) is 4.75. The van der Waals surface area contributed by atoms with Gasteiger partial charge in [0, 0.05) is 29.6 Å². The molecule has 7 heteroatoms. The molecule has 4 rings (SSSR count). The van der Waals surface area contributed by atoms with Gasteiger partial charge in [0.1, 0.15) is 5.82 Å². The highest BCUT2D eigenvalue weighted by Gasteiger charge is 2.19. The Morgan fingerprint density at radius 2 is 1.97 bits per heavy atom. The molecule has 29 heavy (non-hydrogen) atoms. The Balaban J connectivity index is 1.41. The lowest BCUT2D eigenvalue weighted by atomic mass is 10.1. The number of carbonyl (C=O) groups excluding carboxylic acids is 2. The van der Waals surface area contributed by atoms with E-state index in [4.69, 9.17) is 0 Å². The number of halogens is 1. The van der Waals surface area contributed by atoms with Crippen molar-refractivity contribution in [2.75, 3.05) is 5.32 Å². The predicted molar refractivity (Wildman–Crippen MR) is 107 cm³/mol. The van der Waals surface area contributed by atoms with E-state index in [2.05, 4.69) is 20.8 Å². The van der Waals surface area contributed by atoms with Crippen LogP contribution in [-0.2, 0) is 17.6 Å². The third-order valence-corrected chi connectivity index (χ3v) is 4.75. The molecule has 0 radical (unpaired) electrons. The van der Waals surface area contributed by atoms with E-state index in [0.29, 0.717) is 30.5 Å². The van der Waals surface area contributed by atoms with Gasteiger partial charge in [0.15, 0.2) is 5.69 Å². The first-order valence-electron chi connectivity index (χ1n) is 9.26. The summed E-state index contributed by atoms with van der Waals surface area (Å²) in [7, 11) is 0. The van der Waals surface area contributed by atoms with E-state index >= 15 is 0 Å². The number of benzene rings is 2. The van der Waals surface area contributed by atoms with E-state index in [1.54, 1.807) is 12.1 Å². The van der Waals surface area contributed by atoms with Gasteiger partial charge in [0.2, 0.25) is 0 Å². The topological polar surface area (TPSA) is 86.9 Å². The molecule has 3 aromatic rings. The molecular weight excluding hydrogens is 371 g/mol. The fraction of sp³-hybridized carbons (Fsp3) is 0.136. The Kier molecular flexibility index (Phi) is 5.20. The van der Waals surface area contributed by atoms with Crippen molar-refractivity contribution in [3.05, 3.63) is 94.7 Å². The number of rotatable bonds is 4. The van der Waals surface area contributed by atoms with Crippen molar-refractivity contribution in [1.82, 2.24) is 15.5 Å². The minimum atomic E-state index is -0.409. The molecule has 0 fully saturated rings. The Bertz CT molecular complexity index is 1090. The molecule has 2 heterocycles. The summed E-state index contributed by atoms with van der Waals surface area (Å²) < 4.78 is 13.4. The number of nitrogens with one attached hydrogen (secondary N) is 3. The zero-order valence-corrected chi connectivity index (χ0v) is 15.5. The van der Waals surface area contributed by atoms with Crippen LogP contribution >= 0.6 is 0 Å². The summed E-state index contributed by atoms with van der Waals surface area (Å²) in [6.45, 7) is 0. The molecule has 1 aliphatic heterocycles. The number of fused-ring (bicyclic) bond motifs is 1. The molecule has 146 valence electrons. The highest BCUT2D eigenvalue weighted by atomic mass is 19.1. The summed E-state index contributed by atoms with van der Waals surface area (Å²) >= 11 is 0. The van der Waals surface area contributed by atoms with Crippen molar-refractivity contribution in [3.63, 3.8) is 0 Å². The van der Waals surface area contributed by atoms with E-state index in [0.717, 1.165) is 16.8 Å². The normalized spacial score (nSPS) is 14.8. The molecule has 6 nitrogen and oxygen atoms in total. The second-order valence-electron chi connectivity index (χ2n) is 6.84. The van der Waals surface area contributed by atoms with Gasteiger partial charge in [-0.3, -0.25) is 14.7 Å². The zero-order valence-electron chi connectivity index (χ0n) is 15.5. The van der Waals surface area contributed by atoms with Crippen LogP contribution in [0.5, 0.6) is 0 Å². The molecule has 3 N–H and O–H groups in total. The summed E-state index contributed by atoms with van der Waals surface area (Å²) in [4.78, 5) is 24.8. The number of carbonyl (C=O) groups is 2. The van der Waals surface area contributed by atoms with Crippen LogP contribution in [0.15, 0.2) is 66.4 Å². The molecule has 1 aromatic heterocycles. The maximum absolute atomic E-state index is 13.4. The lowest BCUT2D eigenvalue weighted by Gasteiger charge is -2.06. The average molecular weight is 390 g/mol. The zero-order chi connectivity index (χ0) is 20.2. The molecule has 0 atom stereocenters. The lowest BCUT2D eigenvalue weighted by molar-refractivity contribution is -0.112. The molecule has 2 aromatic carbocycles. The minimum Gasteiger partial charge on any atom is -0.327 e. The van der Waals surface area contributed by atoms with Gasteiger partial charge in [-0.05, 0) is 42.2 Å². The SMILES string of the molecule is O=C1Nc2cc(F)ccc2CC/C1=C/NC(=O)c1cc(Cc2ccccc2)[nH]n1. The summed E-state index contributed by atoms with van der Waals surface area (Å²) in [6, 6.07) is 15.9. The fourth-order valence-corrected chi connectivity index (χ4v) is 3.22. The molecule has 0 unspecified atom stereocenters. The lowest BCUT2D eigenvalue weighted by Crippen LogP contribution is -2.21. The largest absolute Gasteiger partial charge is 0.327 e. The van der Waals surface area contributed by atoms with E-state index < -0.39 is 11.7 Å². The number of H-pyrrole nitrogens is 1. The van der Waals surface area contributed by atoms with Gasteiger partial charge in [-0.25, -0.2) is 4.39 Å². The van der Waals surface area contributed by atoms with E-state index in [1.165, 1.54) is 18.3 Å². The number of nitrogens with zero attached hydrogens (tertiary/aromatic N) is 1. The predicted octanol–water partition coefficient (Wildman–Crippen LogP) is 3.34. The molecule has 0 bridgehead atoms. The van der Waals surface area contributed by atoms with Gasteiger partial charge in [-0.1, -0.05) is 36.4 Å². The van der Waals surface area contributed by atoms with Crippen LogP contribution in [0.4, 0.5) is 10.1 Å². The monoisotopic (exact) mass is 390 g/mol. The van der Waals surface area contributed by atoms with Crippen molar-refractivity contribution in [2.24, 2.45) is 0 Å². The first-order valence-corrected chi connectivity index (χ1v) is 9.26. The average Bonchev–Trinajstić information content (AvgIpc) is 3.12. The van der Waals surface area contributed by atoms with E-state index in [9.17, 15) is 14.0 Å².